The van der Waals surface area contributed by atoms with Crippen molar-refractivity contribution < 1.29 is 0 Å². The first-order valence-electron chi connectivity index (χ1n) is 6.55. The van der Waals surface area contributed by atoms with Gasteiger partial charge in [0.05, 0.1) is 11.6 Å². The van der Waals surface area contributed by atoms with Crippen molar-refractivity contribution >= 4 is 11.6 Å². The van der Waals surface area contributed by atoms with Crippen molar-refractivity contribution in [3.05, 3.63) is 78.6 Å². The van der Waals surface area contributed by atoms with Crippen LogP contribution in [0.5, 0.6) is 0 Å². The first kappa shape index (κ1) is 12.9. The first-order chi connectivity index (χ1) is 9.90. The van der Waals surface area contributed by atoms with Crippen molar-refractivity contribution in [1.82, 2.24) is 4.98 Å². The van der Waals surface area contributed by atoms with Crippen LogP contribution in [0.4, 0.5) is 0 Å². The number of alkyl halides is 1. The molecule has 20 heavy (non-hydrogen) atoms. The molecule has 0 saturated heterocycles. The lowest BCUT2D eigenvalue weighted by atomic mass is 9.94. The molecule has 2 aromatic carbocycles. The van der Waals surface area contributed by atoms with Crippen LogP contribution in [0.25, 0.3) is 22.3 Å². The zero-order chi connectivity index (χ0) is 13.8. The van der Waals surface area contributed by atoms with Crippen LogP contribution in [0.15, 0.2) is 72.9 Å². The van der Waals surface area contributed by atoms with Crippen molar-refractivity contribution in [3.63, 3.8) is 0 Å². The van der Waals surface area contributed by atoms with Crippen LogP contribution in [-0.2, 0) is 5.88 Å². The van der Waals surface area contributed by atoms with Crippen LogP contribution in [0, 0.1) is 0 Å². The van der Waals surface area contributed by atoms with Crippen LogP contribution in [0.2, 0.25) is 0 Å². The molecule has 0 saturated carbocycles. The summed E-state index contributed by atoms with van der Waals surface area (Å²) in [5.74, 6) is 0.408. The molecular weight excluding hydrogens is 266 g/mol. The molecule has 0 spiro atoms. The third kappa shape index (κ3) is 2.45. The highest BCUT2D eigenvalue weighted by molar-refractivity contribution is 6.17. The minimum absolute atomic E-state index is 0.408. The largest absolute Gasteiger partial charge is 0.259 e. The van der Waals surface area contributed by atoms with Gasteiger partial charge in [-0.3, -0.25) is 4.98 Å². The van der Waals surface area contributed by atoms with Gasteiger partial charge in [0.1, 0.15) is 0 Å². The minimum Gasteiger partial charge on any atom is -0.259 e. The molecule has 0 N–H and O–H groups in total. The quantitative estimate of drug-likeness (QED) is 0.604. The molecule has 0 bridgehead atoms. The normalized spacial score (nSPS) is 10.4. The van der Waals surface area contributed by atoms with Crippen LogP contribution >= 0.6 is 11.6 Å². The van der Waals surface area contributed by atoms with Crippen LogP contribution in [-0.4, -0.2) is 4.98 Å². The van der Waals surface area contributed by atoms with E-state index >= 15 is 0 Å². The van der Waals surface area contributed by atoms with Crippen molar-refractivity contribution in [1.29, 1.82) is 0 Å². The van der Waals surface area contributed by atoms with E-state index in [1.165, 1.54) is 11.1 Å². The number of rotatable bonds is 3. The Balaban J connectivity index is 2.26. The Kier molecular flexibility index (Phi) is 3.80. The van der Waals surface area contributed by atoms with Gasteiger partial charge in [-0.05, 0) is 22.8 Å². The highest BCUT2D eigenvalue weighted by Gasteiger charge is 2.12. The Morgan fingerprint density at radius 3 is 1.95 bits per heavy atom. The molecule has 0 aliphatic rings. The Hall–Kier alpha value is -2.12. The van der Waals surface area contributed by atoms with Gasteiger partial charge in [0.2, 0.25) is 0 Å². The van der Waals surface area contributed by atoms with Gasteiger partial charge in [-0.2, -0.15) is 0 Å². The molecule has 1 heterocycles. The summed E-state index contributed by atoms with van der Waals surface area (Å²) in [5, 5.41) is 0. The first-order valence-corrected chi connectivity index (χ1v) is 7.08. The molecule has 0 atom stereocenters. The zero-order valence-corrected chi connectivity index (χ0v) is 11.7. The predicted octanol–water partition coefficient (Wildman–Crippen LogP) is 5.15. The van der Waals surface area contributed by atoms with Crippen molar-refractivity contribution in [2.75, 3.05) is 0 Å². The molecule has 1 aromatic heterocycles. The summed E-state index contributed by atoms with van der Waals surface area (Å²) < 4.78 is 0. The molecule has 0 aliphatic heterocycles. The number of halogens is 1. The van der Waals surface area contributed by atoms with Gasteiger partial charge in [-0.25, -0.2) is 0 Å². The van der Waals surface area contributed by atoms with Gasteiger partial charge in [0, 0.05) is 11.8 Å². The molecule has 0 unspecified atom stereocenters. The lowest BCUT2D eigenvalue weighted by Gasteiger charge is -2.13. The van der Waals surface area contributed by atoms with E-state index in [4.69, 9.17) is 11.6 Å². The van der Waals surface area contributed by atoms with E-state index < -0.39 is 0 Å². The van der Waals surface area contributed by atoms with Gasteiger partial charge in [-0.15, -0.1) is 11.6 Å². The number of hydrogen-bond acceptors (Lipinski definition) is 1. The SMILES string of the molecule is ClCc1nccc(-c2ccccc2)c1-c1ccccc1. The molecule has 3 aromatic rings. The highest BCUT2D eigenvalue weighted by Crippen LogP contribution is 2.34. The summed E-state index contributed by atoms with van der Waals surface area (Å²) in [6, 6.07) is 22.7. The molecule has 0 amide bonds. The lowest BCUT2D eigenvalue weighted by Crippen LogP contribution is -1.94. The van der Waals surface area contributed by atoms with E-state index in [0.717, 1.165) is 16.8 Å². The van der Waals surface area contributed by atoms with E-state index in [0.29, 0.717) is 5.88 Å². The van der Waals surface area contributed by atoms with Crippen LogP contribution in [0.3, 0.4) is 0 Å². The van der Waals surface area contributed by atoms with E-state index in [9.17, 15) is 0 Å². The number of hydrogen-bond donors (Lipinski definition) is 0. The number of benzene rings is 2. The summed E-state index contributed by atoms with van der Waals surface area (Å²) in [6.07, 6.45) is 1.83. The molecule has 0 fully saturated rings. The second kappa shape index (κ2) is 5.89. The Morgan fingerprint density at radius 2 is 1.35 bits per heavy atom. The monoisotopic (exact) mass is 279 g/mol. The summed E-state index contributed by atoms with van der Waals surface area (Å²) in [7, 11) is 0. The molecule has 1 nitrogen and oxygen atoms in total. The fourth-order valence-corrected chi connectivity index (χ4v) is 2.59. The minimum atomic E-state index is 0.408. The van der Waals surface area contributed by atoms with Gasteiger partial charge in [-0.1, -0.05) is 60.7 Å². The Bertz CT molecular complexity index is 693. The maximum absolute atomic E-state index is 6.08. The number of pyridine rings is 1. The summed E-state index contributed by atoms with van der Waals surface area (Å²) in [5.41, 5.74) is 5.53. The zero-order valence-electron chi connectivity index (χ0n) is 11.0. The van der Waals surface area contributed by atoms with Crippen LogP contribution in [0.1, 0.15) is 5.69 Å². The number of aromatic nitrogens is 1. The second-order valence-electron chi connectivity index (χ2n) is 4.55. The second-order valence-corrected chi connectivity index (χ2v) is 4.81. The maximum Gasteiger partial charge on any atom is 0.0653 e. The third-order valence-electron chi connectivity index (χ3n) is 3.30. The van der Waals surface area contributed by atoms with Gasteiger partial charge < -0.3 is 0 Å². The molecule has 0 aliphatic carbocycles. The van der Waals surface area contributed by atoms with Gasteiger partial charge in [0.25, 0.3) is 0 Å². The summed E-state index contributed by atoms with van der Waals surface area (Å²) >= 11 is 6.08. The topological polar surface area (TPSA) is 12.9 Å². The molecule has 98 valence electrons. The Labute approximate surface area is 123 Å². The number of nitrogens with zero attached hydrogens (tertiary/aromatic N) is 1. The predicted molar refractivity (Wildman–Crippen MR) is 84.7 cm³/mol. The van der Waals surface area contributed by atoms with Crippen molar-refractivity contribution in [2.24, 2.45) is 0 Å². The van der Waals surface area contributed by atoms with E-state index in [2.05, 4.69) is 29.2 Å². The standard InChI is InChI=1S/C18H14ClN/c19-13-17-18(15-9-5-2-6-10-15)16(11-12-20-17)14-7-3-1-4-8-14/h1-12H,13H2. The van der Waals surface area contributed by atoms with E-state index in [1.807, 2.05) is 48.7 Å². The van der Waals surface area contributed by atoms with E-state index in [-0.39, 0.29) is 0 Å². The van der Waals surface area contributed by atoms with Crippen molar-refractivity contribution in [2.45, 2.75) is 5.88 Å². The van der Waals surface area contributed by atoms with Gasteiger partial charge >= 0.3 is 0 Å². The highest BCUT2D eigenvalue weighted by atomic mass is 35.5. The van der Waals surface area contributed by atoms with Crippen LogP contribution < -0.4 is 0 Å². The fourth-order valence-electron chi connectivity index (χ4n) is 2.39. The van der Waals surface area contributed by atoms with Crippen molar-refractivity contribution in [3.8, 4) is 22.3 Å². The van der Waals surface area contributed by atoms with Gasteiger partial charge in [0.15, 0.2) is 0 Å². The van der Waals surface area contributed by atoms with E-state index in [1.54, 1.807) is 0 Å². The third-order valence-corrected chi connectivity index (χ3v) is 3.56. The Morgan fingerprint density at radius 1 is 0.750 bits per heavy atom. The summed E-state index contributed by atoms with van der Waals surface area (Å²) in [4.78, 5) is 4.43. The molecule has 0 radical (unpaired) electrons. The average molecular weight is 280 g/mol. The maximum atomic E-state index is 6.08. The smallest absolute Gasteiger partial charge is 0.0653 e. The molecule has 2 heteroatoms. The fraction of sp³-hybridized carbons (Fsp3) is 0.0556. The average Bonchev–Trinajstić information content (AvgIpc) is 2.55. The molecule has 3 rings (SSSR count). The molecular formula is C18H14ClN. The summed E-state index contributed by atoms with van der Waals surface area (Å²) in [6.45, 7) is 0. The lowest BCUT2D eigenvalue weighted by molar-refractivity contribution is 1.17.